The van der Waals surface area contributed by atoms with Crippen LogP contribution in [0.2, 0.25) is 0 Å². The molecular formula is C34H25NO4. The SMILES string of the molecule is C[C@H](NC(=O)OCC1c2ccccc2-c2ccccc21)C(=O)Oc1ccc2ccc3cccc4ccc1c2c34. The average Bonchev–Trinajstić information content (AvgIpc) is 3.29. The Hall–Kier alpha value is -4.90. The average molecular weight is 512 g/mol. The van der Waals surface area contributed by atoms with Crippen molar-refractivity contribution in [3.63, 3.8) is 0 Å². The molecule has 0 bridgehead atoms. The minimum Gasteiger partial charge on any atom is -0.449 e. The molecular weight excluding hydrogens is 486 g/mol. The van der Waals surface area contributed by atoms with Crippen LogP contribution >= 0.6 is 0 Å². The minimum absolute atomic E-state index is 0.0531. The summed E-state index contributed by atoms with van der Waals surface area (Å²) in [6, 6.07) is 33.6. The molecule has 0 aromatic heterocycles. The zero-order chi connectivity index (χ0) is 26.5. The molecule has 1 atom stereocenters. The second-order valence-corrected chi connectivity index (χ2v) is 10.0. The van der Waals surface area contributed by atoms with Gasteiger partial charge in [-0.3, -0.25) is 0 Å². The predicted octanol–water partition coefficient (Wildman–Crippen LogP) is 7.42. The number of hydrogen-bond acceptors (Lipinski definition) is 4. The number of carbonyl (C=O) groups excluding carboxylic acids is 2. The molecule has 0 saturated carbocycles. The summed E-state index contributed by atoms with van der Waals surface area (Å²) in [5.74, 6) is -0.145. The molecule has 0 heterocycles. The molecule has 1 aliphatic carbocycles. The number of amides is 1. The lowest BCUT2D eigenvalue weighted by Crippen LogP contribution is -2.41. The second-order valence-electron chi connectivity index (χ2n) is 10.0. The molecule has 1 aliphatic rings. The van der Waals surface area contributed by atoms with Crippen LogP contribution in [-0.2, 0) is 9.53 Å². The van der Waals surface area contributed by atoms with Gasteiger partial charge in [0.15, 0.2) is 0 Å². The number of hydrogen-bond donors (Lipinski definition) is 1. The summed E-state index contributed by atoms with van der Waals surface area (Å²) in [6.45, 7) is 1.77. The number of esters is 1. The molecule has 5 nitrogen and oxygen atoms in total. The highest BCUT2D eigenvalue weighted by atomic mass is 16.6. The highest BCUT2D eigenvalue weighted by molar-refractivity contribution is 6.24. The van der Waals surface area contributed by atoms with Crippen LogP contribution in [0.3, 0.4) is 0 Å². The molecule has 190 valence electrons. The summed E-state index contributed by atoms with van der Waals surface area (Å²) < 4.78 is 11.4. The van der Waals surface area contributed by atoms with E-state index >= 15 is 0 Å². The first-order valence-electron chi connectivity index (χ1n) is 13.1. The zero-order valence-electron chi connectivity index (χ0n) is 21.3. The molecule has 0 radical (unpaired) electrons. The summed E-state index contributed by atoms with van der Waals surface area (Å²) in [6.07, 6.45) is -0.656. The van der Waals surface area contributed by atoms with Gasteiger partial charge in [-0.05, 0) is 62.9 Å². The van der Waals surface area contributed by atoms with E-state index in [0.29, 0.717) is 5.75 Å². The van der Waals surface area contributed by atoms with Crippen LogP contribution in [0.25, 0.3) is 43.4 Å². The fourth-order valence-electron chi connectivity index (χ4n) is 5.87. The van der Waals surface area contributed by atoms with Gasteiger partial charge in [0.25, 0.3) is 0 Å². The van der Waals surface area contributed by atoms with Crippen LogP contribution in [0, 0.1) is 0 Å². The molecule has 0 aliphatic heterocycles. The number of ether oxygens (including phenoxy) is 2. The number of alkyl carbamates (subject to hydrolysis) is 1. The van der Waals surface area contributed by atoms with Crippen molar-refractivity contribution in [3.05, 3.63) is 114 Å². The second kappa shape index (κ2) is 9.14. The minimum atomic E-state index is -0.890. The van der Waals surface area contributed by atoms with Crippen molar-refractivity contribution in [3.8, 4) is 16.9 Å². The van der Waals surface area contributed by atoms with Gasteiger partial charge in [-0.2, -0.15) is 0 Å². The Balaban J connectivity index is 1.06. The van der Waals surface area contributed by atoms with Gasteiger partial charge in [-0.15, -0.1) is 0 Å². The third kappa shape index (κ3) is 3.86. The number of rotatable bonds is 5. The van der Waals surface area contributed by atoms with Crippen molar-refractivity contribution < 1.29 is 19.1 Å². The lowest BCUT2D eigenvalue weighted by atomic mass is 9.94. The first kappa shape index (κ1) is 23.2. The standard InChI is InChI=1S/C34H25NO4/c1-20(35-34(37)38-19-29-26-11-4-2-9-24(26)25-10-3-5-12-27(25)29)33(36)39-30-18-16-23-14-13-21-7-6-8-22-15-17-28(30)32(23)31(21)22/h2-18,20,29H,19H2,1H3,(H,35,37)/t20-/m0/s1. The van der Waals surface area contributed by atoms with Gasteiger partial charge >= 0.3 is 12.1 Å². The number of nitrogens with one attached hydrogen (secondary N) is 1. The largest absolute Gasteiger partial charge is 0.449 e. The van der Waals surface area contributed by atoms with Crippen LogP contribution in [-0.4, -0.2) is 24.7 Å². The van der Waals surface area contributed by atoms with Crippen LogP contribution in [0.5, 0.6) is 5.75 Å². The summed E-state index contributed by atoms with van der Waals surface area (Å²) in [5.41, 5.74) is 4.58. The molecule has 6 aromatic rings. The molecule has 1 N–H and O–H groups in total. The van der Waals surface area contributed by atoms with Gasteiger partial charge < -0.3 is 14.8 Å². The Kier molecular flexibility index (Phi) is 5.44. The molecule has 39 heavy (non-hydrogen) atoms. The van der Waals surface area contributed by atoms with E-state index in [9.17, 15) is 9.59 Å². The van der Waals surface area contributed by atoms with Gasteiger partial charge in [0, 0.05) is 16.7 Å². The maximum atomic E-state index is 13.0. The maximum Gasteiger partial charge on any atom is 0.407 e. The fraction of sp³-hybridized carbons (Fsp3) is 0.118. The first-order chi connectivity index (χ1) is 19.1. The summed E-state index contributed by atoms with van der Waals surface area (Å²) >= 11 is 0. The molecule has 0 spiro atoms. The van der Waals surface area contributed by atoms with Gasteiger partial charge in [0.05, 0.1) is 0 Å². The van der Waals surface area contributed by atoms with Crippen molar-refractivity contribution >= 4 is 44.4 Å². The Labute approximate surface area is 225 Å². The van der Waals surface area contributed by atoms with Crippen molar-refractivity contribution in [2.45, 2.75) is 18.9 Å². The van der Waals surface area contributed by atoms with E-state index < -0.39 is 18.1 Å². The van der Waals surface area contributed by atoms with E-state index in [4.69, 9.17) is 9.47 Å². The number of fused-ring (bicyclic) bond motifs is 3. The van der Waals surface area contributed by atoms with E-state index in [0.717, 1.165) is 54.6 Å². The highest BCUT2D eigenvalue weighted by Gasteiger charge is 2.29. The van der Waals surface area contributed by atoms with E-state index in [-0.39, 0.29) is 12.5 Å². The Morgan fingerprint density at radius 3 is 2.00 bits per heavy atom. The fourth-order valence-corrected chi connectivity index (χ4v) is 5.87. The summed E-state index contributed by atoms with van der Waals surface area (Å²) in [7, 11) is 0. The third-order valence-corrected chi connectivity index (χ3v) is 7.73. The molecule has 7 rings (SSSR count). The van der Waals surface area contributed by atoms with Crippen LogP contribution in [0.1, 0.15) is 24.0 Å². The van der Waals surface area contributed by atoms with E-state index in [1.54, 1.807) is 13.0 Å². The maximum absolute atomic E-state index is 13.0. The third-order valence-electron chi connectivity index (χ3n) is 7.73. The topological polar surface area (TPSA) is 64.6 Å². The monoisotopic (exact) mass is 511 g/mol. The van der Waals surface area contributed by atoms with Gasteiger partial charge in [0.2, 0.25) is 0 Å². The molecule has 1 amide bonds. The Bertz CT molecular complexity index is 1830. The van der Waals surface area contributed by atoms with Gasteiger partial charge in [-0.25, -0.2) is 9.59 Å². The van der Waals surface area contributed by atoms with Crippen LogP contribution in [0.15, 0.2) is 103 Å². The highest BCUT2D eigenvalue weighted by Crippen LogP contribution is 2.44. The lowest BCUT2D eigenvalue weighted by Gasteiger charge is -2.18. The van der Waals surface area contributed by atoms with Crippen molar-refractivity contribution in [2.75, 3.05) is 6.61 Å². The molecule has 0 saturated heterocycles. The van der Waals surface area contributed by atoms with Gasteiger partial charge in [-0.1, -0.05) is 91.0 Å². The van der Waals surface area contributed by atoms with E-state index in [1.165, 1.54) is 0 Å². The quantitative estimate of drug-likeness (QED) is 0.149. The normalized spacial score (nSPS) is 13.4. The van der Waals surface area contributed by atoms with Crippen LogP contribution in [0.4, 0.5) is 4.79 Å². The molecule has 5 heteroatoms. The van der Waals surface area contributed by atoms with E-state index in [1.807, 2.05) is 48.5 Å². The summed E-state index contributed by atoms with van der Waals surface area (Å²) in [5, 5.41) is 9.06. The van der Waals surface area contributed by atoms with Gasteiger partial charge in [0.1, 0.15) is 18.4 Å². The zero-order valence-corrected chi connectivity index (χ0v) is 21.3. The predicted molar refractivity (Wildman–Crippen MR) is 153 cm³/mol. The number of benzene rings is 6. The van der Waals surface area contributed by atoms with Crippen molar-refractivity contribution in [1.29, 1.82) is 0 Å². The van der Waals surface area contributed by atoms with Crippen molar-refractivity contribution in [1.82, 2.24) is 5.32 Å². The first-order valence-corrected chi connectivity index (χ1v) is 13.1. The molecule has 6 aromatic carbocycles. The molecule has 0 fully saturated rings. The Morgan fingerprint density at radius 1 is 0.718 bits per heavy atom. The summed E-state index contributed by atoms with van der Waals surface area (Å²) in [4.78, 5) is 25.7. The molecule has 0 unspecified atom stereocenters. The van der Waals surface area contributed by atoms with E-state index in [2.05, 4.69) is 53.8 Å². The number of carbonyl (C=O) groups is 2. The smallest absolute Gasteiger partial charge is 0.407 e. The Morgan fingerprint density at radius 2 is 1.31 bits per heavy atom. The van der Waals surface area contributed by atoms with Crippen LogP contribution < -0.4 is 10.1 Å². The lowest BCUT2D eigenvalue weighted by molar-refractivity contribution is -0.136. The van der Waals surface area contributed by atoms with Crippen molar-refractivity contribution in [2.24, 2.45) is 0 Å².